The Morgan fingerprint density at radius 3 is 2.65 bits per heavy atom. The second kappa shape index (κ2) is 6.80. The fourth-order valence-electron chi connectivity index (χ4n) is 1.47. The lowest BCUT2D eigenvalue weighted by Gasteiger charge is -2.09. The Kier molecular flexibility index (Phi) is 5.32. The average molecular weight is 332 g/mol. The minimum absolute atomic E-state index is 0.234. The molecule has 2 aromatic rings. The topological polar surface area (TPSA) is 64.9 Å². The Morgan fingerprint density at radius 2 is 2.00 bits per heavy atom. The highest BCUT2D eigenvalue weighted by molar-refractivity contribution is 7.98. The van der Waals surface area contributed by atoms with Gasteiger partial charge in [-0.15, -0.1) is 10.2 Å². The minimum atomic E-state index is -0.234. The summed E-state index contributed by atoms with van der Waals surface area (Å²) < 4.78 is 5.54. The summed E-state index contributed by atoms with van der Waals surface area (Å²) in [5.41, 5.74) is 7.00. The van der Waals surface area contributed by atoms with Gasteiger partial charge in [-0.2, -0.15) is 0 Å². The van der Waals surface area contributed by atoms with Gasteiger partial charge in [0, 0.05) is 5.75 Å². The van der Waals surface area contributed by atoms with Crippen LogP contribution in [0.5, 0.6) is 0 Å². The molecule has 20 heavy (non-hydrogen) atoms. The number of hydrogen-bond acceptors (Lipinski definition) is 5. The molecule has 7 heteroatoms. The van der Waals surface area contributed by atoms with E-state index < -0.39 is 0 Å². The van der Waals surface area contributed by atoms with E-state index in [0.717, 1.165) is 5.56 Å². The van der Waals surface area contributed by atoms with Crippen LogP contribution < -0.4 is 5.73 Å². The third-order valence-electron chi connectivity index (χ3n) is 2.77. The maximum absolute atomic E-state index is 5.97. The second-order valence-electron chi connectivity index (χ2n) is 4.71. The van der Waals surface area contributed by atoms with E-state index >= 15 is 0 Å². The molecule has 0 aliphatic rings. The van der Waals surface area contributed by atoms with Crippen LogP contribution >= 0.6 is 35.0 Å². The van der Waals surface area contributed by atoms with Crippen LogP contribution in [-0.4, -0.2) is 10.2 Å². The van der Waals surface area contributed by atoms with Crippen molar-refractivity contribution in [3.63, 3.8) is 0 Å². The van der Waals surface area contributed by atoms with E-state index in [-0.39, 0.29) is 12.0 Å². The van der Waals surface area contributed by atoms with Crippen LogP contribution in [0.2, 0.25) is 10.0 Å². The molecule has 1 unspecified atom stereocenters. The quantitative estimate of drug-likeness (QED) is 0.826. The highest BCUT2D eigenvalue weighted by Crippen LogP contribution is 2.28. The summed E-state index contributed by atoms with van der Waals surface area (Å²) in [4.78, 5) is 0. The molecule has 0 saturated heterocycles. The van der Waals surface area contributed by atoms with Crippen LogP contribution in [0.25, 0.3) is 0 Å². The second-order valence-corrected chi connectivity index (χ2v) is 6.45. The van der Waals surface area contributed by atoms with E-state index in [4.69, 9.17) is 33.4 Å². The number of thioether (sulfide) groups is 1. The van der Waals surface area contributed by atoms with Crippen LogP contribution in [0.15, 0.2) is 27.8 Å². The molecule has 0 bridgehead atoms. The molecule has 0 fully saturated rings. The van der Waals surface area contributed by atoms with Crippen molar-refractivity contribution in [1.29, 1.82) is 0 Å². The number of hydrogen-bond donors (Lipinski definition) is 1. The first-order chi connectivity index (χ1) is 9.47. The van der Waals surface area contributed by atoms with E-state index in [0.29, 0.717) is 26.9 Å². The summed E-state index contributed by atoms with van der Waals surface area (Å²) in [5.74, 6) is 1.40. The molecule has 0 aliphatic carbocycles. The normalized spacial score (nSPS) is 12.9. The molecular formula is C13H15Cl2N3OS. The first kappa shape index (κ1) is 15.6. The number of nitrogens with zero attached hydrogens (tertiary/aromatic N) is 2. The predicted octanol–water partition coefficient (Wildman–Crippen LogP) is 4.32. The zero-order chi connectivity index (χ0) is 14.7. The van der Waals surface area contributed by atoms with Crippen molar-refractivity contribution >= 4 is 35.0 Å². The van der Waals surface area contributed by atoms with Crippen molar-refractivity contribution in [1.82, 2.24) is 10.2 Å². The van der Waals surface area contributed by atoms with Gasteiger partial charge < -0.3 is 10.2 Å². The molecule has 1 aromatic carbocycles. The smallest absolute Gasteiger partial charge is 0.276 e. The Balaban J connectivity index is 1.99. The summed E-state index contributed by atoms with van der Waals surface area (Å²) >= 11 is 13.3. The highest BCUT2D eigenvalue weighted by Gasteiger charge is 2.17. The molecule has 0 aliphatic heterocycles. The zero-order valence-corrected chi connectivity index (χ0v) is 13.5. The minimum Gasteiger partial charge on any atom is -0.414 e. The van der Waals surface area contributed by atoms with Gasteiger partial charge in [-0.25, -0.2) is 0 Å². The molecule has 2 N–H and O–H groups in total. The lowest BCUT2D eigenvalue weighted by Crippen LogP contribution is -2.16. The SMILES string of the molecule is CC(C)C(N)c1nnc(SCc2ccc(Cl)c(Cl)c2)o1. The van der Waals surface area contributed by atoms with Gasteiger partial charge in [0.2, 0.25) is 5.89 Å². The molecule has 0 spiro atoms. The van der Waals surface area contributed by atoms with Crippen LogP contribution in [0.1, 0.15) is 31.3 Å². The summed E-state index contributed by atoms with van der Waals surface area (Å²) in [6.07, 6.45) is 0. The Morgan fingerprint density at radius 1 is 1.25 bits per heavy atom. The van der Waals surface area contributed by atoms with Gasteiger partial charge in [0.1, 0.15) is 0 Å². The molecule has 0 amide bonds. The van der Waals surface area contributed by atoms with Crippen molar-refractivity contribution in [3.8, 4) is 0 Å². The summed E-state index contributed by atoms with van der Waals surface area (Å²) in [6, 6.07) is 5.28. The number of nitrogens with two attached hydrogens (primary N) is 1. The third-order valence-corrected chi connectivity index (χ3v) is 4.40. The predicted molar refractivity (Wildman–Crippen MR) is 82.1 cm³/mol. The zero-order valence-electron chi connectivity index (χ0n) is 11.1. The van der Waals surface area contributed by atoms with E-state index in [1.807, 2.05) is 26.0 Å². The van der Waals surface area contributed by atoms with Gasteiger partial charge in [-0.3, -0.25) is 0 Å². The first-order valence-corrected chi connectivity index (χ1v) is 7.87. The van der Waals surface area contributed by atoms with Gasteiger partial charge in [0.15, 0.2) is 0 Å². The van der Waals surface area contributed by atoms with Crippen molar-refractivity contribution in [2.24, 2.45) is 11.7 Å². The Hall–Kier alpha value is -0.750. The lowest BCUT2D eigenvalue weighted by molar-refractivity contribution is 0.349. The maximum atomic E-state index is 5.97. The van der Waals surface area contributed by atoms with Crippen molar-refractivity contribution < 1.29 is 4.42 Å². The van der Waals surface area contributed by atoms with E-state index in [1.54, 1.807) is 6.07 Å². The lowest BCUT2D eigenvalue weighted by atomic mass is 10.1. The van der Waals surface area contributed by atoms with Gasteiger partial charge in [0.25, 0.3) is 5.22 Å². The molecule has 0 radical (unpaired) electrons. The number of halogens is 2. The number of rotatable bonds is 5. The molecule has 1 atom stereocenters. The summed E-state index contributed by atoms with van der Waals surface area (Å²) in [7, 11) is 0. The fraction of sp³-hybridized carbons (Fsp3) is 0.385. The first-order valence-electron chi connectivity index (χ1n) is 6.13. The molecule has 0 saturated carbocycles. The van der Waals surface area contributed by atoms with E-state index in [9.17, 15) is 0 Å². The Bertz CT molecular complexity index is 589. The van der Waals surface area contributed by atoms with Crippen molar-refractivity contribution in [2.75, 3.05) is 0 Å². The van der Waals surface area contributed by atoms with Crippen molar-refractivity contribution in [2.45, 2.75) is 30.9 Å². The van der Waals surface area contributed by atoms with E-state index in [2.05, 4.69) is 10.2 Å². The van der Waals surface area contributed by atoms with Gasteiger partial charge in [0.05, 0.1) is 16.1 Å². The van der Waals surface area contributed by atoms with Crippen LogP contribution in [0.3, 0.4) is 0 Å². The van der Waals surface area contributed by atoms with E-state index in [1.165, 1.54) is 11.8 Å². The summed E-state index contributed by atoms with van der Waals surface area (Å²) in [6.45, 7) is 4.02. The molecule has 1 aromatic heterocycles. The summed E-state index contributed by atoms with van der Waals surface area (Å²) in [5, 5.41) is 9.54. The van der Waals surface area contributed by atoms with Gasteiger partial charge >= 0.3 is 0 Å². The van der Waals surface area contributed by atoms with Crippen LogP contribution in [0, 0.1) is 5.92 Å². The maximum Gasteiger partial charge on any atom is 0.276 e. The monoisotopic (exact) mass is 331 g/mol. The molecule has 108 valence electrons. The largest absolute Gasteiger partial charge is 0.414 e. The fourth-order valence-corrected chi connectivity index (χ4v) is 2.51. The van der Waals surface area contributed by atoms with Crippen LogP contribution in [0.4, 0.5) is 0 Å². The molecule has 4 nitrogen and oxygen atoms in total. The van der Waals surface area contributed by atoms with Gasteiger partial charge in [-0.05, 0) is 23.6 Å². The highest BCUT2D eigenvalue weighted by atomic mass is 35.5. The number of benzene rings is 1. The molecular weight excluding hydrogens is 317 g/mol. The van der Waals surface area contributed by atoms with Crippen LogP contribution in [-0.2, 0) is 5.75 Å². The Labute approximate surface area is 132 Å². The molecule has 1 heterocycles. The van der Waals surface area contributed by atoms with Crippen molar-refractivity contribution in [3.05, 3.63) is 39.7 Å². The molecule has 2 rings (SSSR count). The average Bonchev–Trinajstić information content (AvgIpc) is 2.88. The standard InChI is InChI=1S/C13H15Cl2N3OS/c1-7(2)11(16)12-17-18-13(19-12)20-6-8-3-4-9(14)10(15)5-8/h3-5,7,11H,6,16H2,1-2H3. The number of aromatic nitrogens is 2. The third kappa shape index (κ3) is 3.88. The van der Waals surface area contributed by atoms with Gasteiger partial charge in [-0.1, -0.05) is 54.9 Å².